The minimum absolute atomic E-state index is 0.0240. The van der Waals surface area contributed by atoms with Crippen molar-refractivity contribution >= 4 is 21.7 Å². The van der Waals surface area contributed by atoms with E-state index in [4.69, 9.17) is 5.11 Å². The fourth-order valence-corrected chi connectivity index (χ4v) is 3.35. The zero-order chi connectivity index (χ0) is 16.5. The lowest BCUT2D eigenvalue weighted by atomic mass is 10.2. The van der Waals surface area contributed by atoms with E-state index in [1.165, 1.54) is 12.1 Å². The molecular formula is C15H14NO5S-. The molecule has 0 bridgehead atoms. The number of carboxylic acids is 1. The van der Waals surface area contributed by atoms with E-state index in [0.717, 1.165) is 17.7 Å². The number of anilines is 1. The molecule has 22 heavy (non-hydrogen) atoms. The zero-order valence-electron chi connectivity index (χ0n) is 12.0. The Morgan fingerprint density at radius 2 is 1.82 bits per heavy atom. The van der Waals surface area contributed by atoms with E-state index in [9.17, 15) is 18.3 Å². The molecule has 7 heteroatoms. The normalized spacial score (nSPS) is 11.2. The van der Waals surface area contributed by atoms with E-state index >= 15 is 0 Å². The van der Waals surface area contributed by atoms with Crippen LogP contribution in [0.2, 0.25) is 0 Å². The second-order valence-electron chi connectivity index (χ2n) is 4.89. The molecule has 0 spiro atoms. The predicted molar refractivity (Wildman–Crippen MR) is 79.6 cm³/mol. The summed E-state index contributed by atoms with van der Waals surface area (Å²) in [5, 5.41) is 20.4. The maximum atomic E-state index is 12.4. The summed E-state index contributed by atoms with van der Waals surface area (Å²) in [6, 6.07) is 8.29. The number of hydrogen-bond acceptors (Lipinski definition) is 4. The van der Waals surface area contributed by atoms with Gasteiger partial charge in [0.1, 0.15) is 0 Å². The van der Waals surface area contributed by atoms with Gasteiger partial charge in [-0.25, -0.2) is 13.2 Å². The molecular weight excluding hydrogens is 306 g/mol. The Balaban J connectivity index is 2.39. The number of nitrogens with one attached hydrogen (secondary N) is 1. The molecule has 0 aromatic heterocycles. The van der Waals surface area contributed by atoms with Gasteiger partial charge in [-0.15, -0.1) is 0 Å². The third kappa shape index (κ3) is 3.20. The Labute approximate surface area is 128 Å². The summed E-state index contributed by atoms with van der Waals surface area (Å²) in [5.74, 6) is -2.11. The molecule has 6 nitrogen and oxygen atoms in total. The van der Waals surface area contributed by atoms with Crippen molar-refractivity contribution < 1.29 is 23.4 Å². The van der Waals surface area contributed by atoms with E-state index in [2.05, 4.69) is 4.72 Å². The van der Waals surface area contributed by atoms with Crippen molar-refractivity contribution in [2.24, 2.45) is 0 Å². The molecule has 116 valence electrons. The third-order valence-corrected chi connectivity index (χ3v) is 4.62. The van der Waals surface area contributed by atoms with Crippen LogP contribution in [0.15, 0.2) is 41.3 Å². The van der Waals surface area contributed by atoms with Crippen molar-refractivity contribution in [1.82, 2.24) is 0 Å². The molecule has 2 N–H and O–H groups in total. The minimum Gasteiger partial charge on any atom is -0.872 e. The average molecular weight is 320 g/mol. The molecule has 0 atom stereocenters. The number of aryl methyl sites for hydroxylation is 2. The number of carboxylic acid groups (broad SMARTS) is 1. The summed E-state index contributed by atoms with van der Waals surface area (Å²) in [6.45, 7) is 3.44. The van der Waals surface area contributed by atoms with Gasteiger partial charge in [0.05, 0.1) is 10.5 Å². The molecule has 0 aliphatic heterocycles. The fourth-order valence-electron chi connectivity index (χ4n) is 1.97. The highest BCUT2D eigenvalue weighted by Crippen LogP contribution is 2.24. The highest BCUT2D eigenvalue weighted by atomic mass is 32.2. The maximum absolute atomic E-state index is 12.4. The van der Waals surface area contributed by atoms with Gasteiger partial charge >= 0.3 is 5.97 Å². The predicted octanol–water partition coefficient (Wildman–Crippen LogP) is 1.88. The molecule has 0 aliphatic rings. The topological polar surface area (TPSA) is 107 Å². The van der Waals surface area contributed by atoms with Gasteiger partial charge in [-0.1, -0.05) is 17.9 Å². The standard InChI is InChI=1S/C15H15NO5S/c1-9-3-4-10(2)14(7-9)22(20,21)16-11-5-6-12(15(18)19)13(17)8-11/h3-8,16-17H,1-2H3,(H,18,19)/p-1. The SMILES string of the molecule is Cc1ccc(C)c(S(=O)(=O)Nc2ccc(C(=O)O)c([O-])c2)c1. The Kier molecular flexibility index (Phi) is 4.09. The first-order valence-corrected chi connectivity index (χ1v) is 7.83. The van der Waals surface area contributed by atoms with Crippen LogP contribution in [0.25, 0.3) is 0 Å². The van der Waals surface area contributed by atoms with Crippen LogP contribution >= 0.6 is 0 Å². The molecule has 2 aromatic carbocycles. The number of carbonyl (C=O) groups is 1. The van der Waals surface area contributed by atoms with Gasteiger partial charge in [-0.3, -0.25) is 4.72 Å². The van der Waals surface area contributed by atoms with Gasteiger partial charge in [-0.05, 0) is 49.2 Å². The van der Waals surface area contributed by atoms with Crippen molar-refractivity contribution in [3.8, 4) is 5.75 Å². The van der Waals surface area contributed by atoms with Crippen LogP contribution in [0.5, 0.6) is 5.75 Å². The van der Waals surface area contributed by atoms with E-state index in [-0.39, 0.29) is 10.6 Å². The van der Waals surface area contributed by atoms with Gasteiger partial charge in [-0.2, -0.15) is 0 Å². The first kappa shape index (κ1) is 15.8. The number of sulfonamides is 1. The van der Waals surface area contributed by atoms with Crippen LogP contribution in [0, 0.1) is 13.8 Å². The highest BCUT2D eigenvalue weighted by Gasteiger charge is 2.17. The Hall–Kier alpha value is -2.54. The monoisotopic (exact) mass is 320 g/mol. The molecule has 2 rings (SSSR count). The van der Waals surface area contributed by atoms with Gasteiger partial charge in [0.25, 0.3) is 10.0 Å². The average Bonchev–Trinajstić information content (AvgIpc) is 2.40. The van der Waals surface area contributed by atoms with E-state index in [1.54, 1.807) is 26.0 Å². The molecule has 0 aliphatic carbocycles. The lowest BCUT2D eigenvalue weighted by Crippen LogP contribution is -2.15. The van der Waals surface area contributed by atoms with Crippen molar-refractivity contribution in [1.29, 1.82) is 0 Å². The first-order valence-electron chi connectivity index (χ1n) is 6.35. The molecule has 2 aromatic rings. The first-order chi connectivity index (χ1) is 10.2. The molecule has 0 unspecified atom stereocenters. The van der Waals surface area contributed by atoms with Crippen LogP contribution in [0.4, 0.5) is 5.69 Å². The van der Waals surface area contributed by atoms with Crippen molar-refractivity contribution in [3.63, 3.8) is 0 Å². The Bertz CT molecular complexity index is 843. The highest BCUT2D eigenvalue weighted by molar-refractivity contribution is 7.92. The quantitative estimate of drug-likeness (QED) is 0.894. The van der Waals surface area contributed by atoms with E-state index in [1.807, 2.05) is 0 Å². The third-order valence-electron chi connectivity index (χ3n) is 3.10. The summed E-state index contributed by atoms with van der Waals surface area (Å²) in [5.41, 5.74) is 0.977. The zero-order valence-corrected chi connectivity index (χ0v) is 12.8. The lowest BCUT2D eigenvalue weighted by Gasteiger charge is -2.15. The Morgan fingerprint density at radius 3 is 2.41 bits per heavy atom. The summed E-state index contributed by atoms with van der Waals surface area (Å²) >= 11 is 0. The van der Waals surface area contributed by atoms with Crippen LogP contribution in [-0.2, 0) is 10.0 Å². The van der Waals surface area contributed by atoms with Gasteiger partial charge < -0.3 is 10.2 Å². The summed E-state index contributed by atoms with van der Waals surface area (Å²) < 4.78 is 27.0. The minimum atomic E-state index is -3.85. The van der Waals surface area contributed by atoms with Crippen molar-refractivity contribution in [2.45, 2.75) is 18.7 Å². The van der Waals surface area contributed by atoms with Crippen LogP contribution in [-0.4, -0.2) is 19.5 Å². The van der Waals surface area contributed by atoms with Crippen molar-refractivity contribution in [3.05, 3.63) is 53.1 Å². The number of aromatic carboxylic acids is 1. The number of rotatable bonds is 4. The molecule has 0 fully saturated rings. The largest absolute Gasteiger partial charge is 0.872 e. The lowest BCUT2D eigenvalue weighted by molar-refractivity contribution is -0.268. The summed E-state index contributed by atoms with van der Waals surface area (Å²) in [6.07, 6.45) is 0. The summed E-state index contributed by atoms with van der Waals surface area (Å²) in [4.78, 5) is 10.9. The summed E-state index contributed by atoms with van der Waals surface area (Å²) in [7, 11) is -3.85. The van der Waals surface area contributed by atoms with Gasteiger partial charge in [0.15, 0.2) is 0 Å². The molecule has 0 heterocycles. The maximum Gasteiger partial charge on any atom is 0.335 e. The van der Waals surface area contributed by atoms with E-state index in [0.29, 0.717) is 5.56 Å². The van der Waals surface area contributed by atoms with Crippen LogP contribution in [0.3, 0.4) is 0 Å². The van der Waals surface area contributed by atoms with E-state index < -0.39 is 27.3 Å². The van der Waals surface area contributed by atoms with Gasteiger partial charge in [0, 0.05) is 5.69 Å². The molecule has 0 amide bonds. The molecule has 0 radical (unpaired) electrons. The smallest absolute Gasteiger partial charge is 0.335 e. The molecule has 0 saturated heterocycles. The molecule has 0 saturated carbocycles. The fraction of sp³-hybridized carbons (Fsp3) is 0.133. The Morgan fingerprint density at radius 1 is 1.14 bits per heavy atom. The number of hydrogen-bond donors (Lipinski definition) is 2. The second-order valence-corrected chi connectivity index (χ2v) is 6.54. The number of benzene rings is 2. The van der Waals surface area contributed by atoms with Crippen molar-refractivity contribution in [2.75, 3.05) is 4.72 Å². The van der Waals surface area contributed by atoms with Gasteiger partial charge in [0.2, 0.25) is 0 Å². The second kappa shape index (κ2) is 5.69. The van der Waals surface area contributed by atoms with Crippen LogP contribution in [0.1, 0.15) is 21.5 Å². The van der Waals surface area contributed by atoms with Crippen LogP contribution < -0.4 is 9.83 Å².